The van der Waals surface area contributed by atoms with Gasteiger partial charge in [0.05, 0.1) is 0 Å². The number of carbonyl (C=O) groups excluding carboxylic acids is 1. The Bertz CT molecular complexity index is 381. The molecule has 0 radical (unpaired) electrons. The molecular formula is C14H18O. The van der Waals surface area contributed by atoms with Gasteiger partial charge in [-0.2, -0.15) is 0 Å². The van der Waals surface area contributed by atoms with Crippen molar-refractivity contribution < 1.29 is 4.79 Å². The van der Waals surface area contributed by atoms with Gasteiger partial charge in [0.1, 0.15) is 6.29 Å². The Morgan fingerprint density at radius 2 is 1.87 bits per heavy atom. The van der Waals surface area contributed by atoms with Gasteiger partial charge in [0.15, 0.2) is 0 Å². The number of hydrogen-bond donors (Lipinski definition) is 0. The van der Waals surface area contributed by atoms with E-state index in [4.69, 9.17) is 0 Å². The molecule has 0 saturated heterocycles. The highest BCUT2D eigenvalue weighted by atomic mass is 16.1. The monoisotopic (exact) mass is 202 g/mol. The Kier molecular flexibility index (Phi) is 3.46. The van der Waals surface area contributed by atoms with Crippen LogP contribution in [0.15, 0.2) is 24.3 Å². The Morgan fingerprint density at radius 3 is 2.40 bits per heavy atom. The highest BCUT2D eigenvalue weighted by Crippen LogP contribution is 2.27. The number of hydrogen-bond acceptors (Lipinski definition) is 1. The lowest BCUT2D eigenvalue weighted by Crippen LogP contribution is -2.13. The fourth-order valence-corrected chi connectivity index (χ4v) is 1.79. The largest absolute Gasteiger partial charge is 0.299 e. The summed E-state index contributed by atoms with van der Waals surface area (Å²) in [4.78, 5) is 10.3. The predicted octanol–water partition coefficient (Wildman–Crippen LogP) is 3.50. The molecule has 80 valence electrons. The molecule has 0 atom stereocenters. The number of aldehydes is 1. The van der Waals surface area contributed by atoms with E-state index in [-0.39, 0.29) is 5.41 Å². The first-order valence-corrected chi connectivity index (χ1v) is 5.19. The van der Waals surface area contributed by atoms with Crippen molar-refractivity contribution in [2.24, 2.45) is 0 Å². The summed E-state index contributed by atoms with van der Waals surface area (Å²) in [5.41, 5.74) is 3.85. The number of allylic oxidation sites excluding steroid dienone is 1. The maximum absolute atomic E-state index is 10.3. The molecular weight excluding hydrogens is 184 g/mol. The van der Waals surface area contributed by atoms with Crippen LogP contribution in [0.5, 0.6) is 0 Å². The Labute approximate surface area is 91.8 Å². The zero-order valence-corrected chi connectivity index (χ0v) is 9.87. The summed E-state index contributed by atoms with van der Waals surface area (Å²) in [7, 11) is 0. The summed E-state index contributed by atoms with van der Waals surface area (Å²) in [6, 6.07) is 6.22. The van der Waals surface area contributed by atoms with Crippen molar-refractivity contribution >= 4 is 12.4 Å². The van der Waals surface area contributed by atoms with E-state index in [2.05, 4.69) is 33.8 Å². The molecule has 0 amide bonds. The molecule has 1 rings (SSSR count). The van der Waals surface area contributed by atoms with Crippen LogP contribution in [0.3, 0.4) is 0 Å². The first-order chi connectivity index (χ1) is 6.96. The van der Waals surface area contributed by atoms with Crippen molar-refractivity contribution in [2.75, 3.05) is 0 Å². The van der Waals surface area contributed by atoms with Crippen molar-refractivity contribution in [1.29, 1.82) is 0 Å². The van der Waals surface area contributed by atoms with Gasteiger partial charge in [-0.25, -0.2) is 0 Å². The Balaban J connectivity index is 3.23. The summed E-state index contributed by atoms with van der Waals surface area (Å²) in [6.45, 7) is 8.69. The molecule has 0 fully saturated rings. The van der Waals surface area contributed by atoms with Gasteiger partial charge in [-0.3, -0.25) is 4.79 Å². The highest BCUT2D eigenvalue weighted by Gasteiger charge is 2.16. The van der Waals surface area contributed by atoms with Crippen LogP contribution >= 0.6 is 0 Å². The molecule has 0 aliphatic carbocycles. The first kappa shape index (κ1) is 11.7. The van der Waals surface area contributed by atoms with Crippen molar-refractivity contribution in [2.45, 2.75) is 33.1 Å². The molecule has 1 aromatic carbocycles. The van der Waals surface area contributed by atoms with E-state index in [9.17, 15) is 4.79 Å². The van der Waals surface area contributed by atoms with Gasteiger partial charge in [-0.05, 0) is 35.1 Å². The van der Waals surface area contributed by atoms with E-state index in [1.807, 2.05) is 18.2 Å². The van der Waals surface area contributed by atoms with Crippen LogP contribution in [-0.2, 0) is 10.2 Å². The van der Waals surface area contributed by atoms with E-state index in [1.54, 1.807) is 0 Å². The molecule has 0 aliphatic rings. The first-order valence-electron chi connectivity index (χ1n) is 5.19. The summed E-state index contributed by atoms with van der Waals surface area (Å²) in [5, 5.41) is 0. The van der Waals surface area contributed by atoms with Gasteiger partial charge >= 0.3 is 0 Å². The minimum Gasteiger partial charge on any atom is -0.299 e. The normalized spacial score (nSPS) is 12.0. The average molecular weight is 202 g/mol. The van der Waals surface area contributed by atoms with Crippen LogP contribution in [0, 0.1) is 6.92 Å². The quantitative estimate of drug-likeness (QED) is 0.530. The zero-order chi connectivity index (χ0) is 11.5. The molecule has 1 heteroatoms. The molecule has 0 aromatic heterocycles. The third-order valence-corrected chi connectivity index (χ3v) is 2.54. The van der Waals surface area contributed by atoms with Gasteiger partial charge in [-0.15, -0.1) is 0 Å². The summed E-state index contributed by atoms with van der Waals surface area (Å²) in [6.07, 6.45) is 4.20. The zero-order valence-electron chi connectivity index (χ0n) is 9.87. The van der Waals surface area contributed by atoms with Gasteiger partial charge in [0, 0.05) is 0 Å². The molecule has 0 aliphatic heterocycles. The van der Waals surface area contributed by atoms with Crippen molar-refractivity contribution in [3.8, 4) is 0 Å². The smallest absolute Gasteiger partial charge is 0.142 e. The maximum Gasteiger partial charge on any atom is 0.142 e. The number of benzene rings is 1. The molecule has 0 heterocycles. The second-order valence-electron chi connectivity index (χ2n) is 4.76. The van der Waals surface area contributed by atoms with E-state index in [1.165, 1.54) is 17.2 Å². The third kappa shape index (κ3) is 2.79. The van der Waals surface area contributed by atoms with E-state index in [0.29, 0.717) is 0 Å². The molecule has 15 heavy (non-hydrogen) atoms. The second-order valence-corrected chi connectivity index (χ2v) is 4.76. The molecule has 0 bridgehead atoms. The standard InChI is InChI=1S/C14H18O/c1-11-12(8-6-10-15)7-5-9-13(11)14(2,3)4/h5-10H,1-4H3/b8-6+. The van der Waals surface area contributed by atoms with Gasteiger partial charge in [-0.1, -0.05) is 45.0 Å². The SMILES string of the molecule is Cc1c(/C=C/C=O)cccc1C(C)(C)C. The van der Waals surface area contributed by atoms with E-state index < -0.39 is 0 Å². The highest BCUT2D eigenvalue weighted by molar-refractivity contribution is 5.74. The fraction of sp³-hybridized carbons (Fsp3) is 0.357. The molecule has 1 nitrogen and oxygen atoms in total. The van der Waals surface area contributed by atoms with Crippen molar-refractivity contribution in [1.82, 2.24) is 0 Å². The molecule has 1 aromatic rings. The molecule has 0 unspecified atom stereocenters. The van der Waals surface area contributed by atoms with Crippen LogP contribution in [-0.4, -0.2) is 6.29 Å². The minimum atomic E-state index is 0.148. The van der Waals surface area contributed by atoms with Gasteiger partial charge in [0.25, 0.3) is 0 Å². The topological polar surface area (TPSA) is 17.1 Å². The summed E-state index contributed by atoms with van der Waals surface area (Å²) in [5.74, 6) is 0. The average Bonchev–Trinajstić information content (AvgIpc) is 2.14. The number of rotatable bonds is 2. The molecule has 0 saturated carbocycles. The van der Waals surface area contributed by atoms with E-state index >= 15 is 0 Å². The lowest BCUT2D eigenvalue weighted by Gasteiger charge is -2.22. The predicted molar refractivity (Wildman–Crippen MR) is 65.0 cm³/mol. The van der Waals surface area contributed by atoms with Crippen LogP contribution < -0.4 is 0 Å². The molecule has 0 spiro atoms. The van der Waals surface area contributed by atoms with Crippen molar-refractivity contribution in [3.63, 3.8) is 0 Å². The molecule has 0 N–H and O–H groups in total. The van der Waals surface area contributed by atoms with Gasteiger partial charge in [0.2, 0.25) is 0 Å². The van der Waals surface area contributed by atoms with Gasteiger partial charge < -0.3 is 0 Å². The van der Waals surface area contributed by atoms with E-state index in [0.717, 1.165) is 11.8 Å². The van der Waals surface area contributed by atoms with Crippen LogP contribution in [0.1, 0.15) is 37.5 Å². The lowest BCUT2D eigenvalue weighted by atomic mass is 9.82. The van der Waals surface area contributed by atoms with Crippen LogP contribution in [0.25, 0.3) is 6.08 Å². The summed E-state index contributed by atoms with van der Waals surface area (Å²) < 4.78 is 0. The fourth-order valence-electron chi connectivity index (χ4n) is 1.79. The minimum absolute atomic E-state index is 0.148. The second kappa shape index (κ2) is 4.43. The number of carbonyl (C=O) groups is 1. The lowest BCUT2D eigenvalue weighted by molar-refractivity contribution is -0.104. The maximum atomic E-state index is 10.3. The summed E-state index contributed by atoms with van der Waals surface area (Å²) >= 11 is 0. The van der Waals surface area contributed by atoms with Crippen LogP contribution in [0.2, 0.25) is 0 Å². The Morgan fingerprint density at radius 1 is 1.20 bits per heavy atom. The Hall–Kier alpha value is -1.37. The third-order valence-electron chi connectivity index (χ3n) is 2.54. The van der Waals surface area contributed by atoms with Crippen LogP contribution in [0.4, 0.5) is 0 Å². The van der Waals surface area contributed by atoms with Crippen molar-refractivity contribution in [3.05, 3.63) is 41.0 Å².